The molecular formula is C21H29N5O. The smallest absolute Gasteiger partial charge is 0.251 e. The molecule has 6 nitrogen and oxygen atoms in total. The normalized spacial score (nSPS) is 19.4. The molecular weight excluding hydrogens is 338 g/mol. The molecule has 0 aliphatic heterocycles. The summed E-state index contributed by atoms with van der Waals surface area (Å²) in [6.07, 6.45) is 3.91. The number of aromatic nitrogens is 2. The molecule has 1 amide bonds. The molecule has 0 radical (unpaired) electrons. The van der Waals surface area contributed by atoms with Gasteiger partial charge in [-0.1, -0.05) is 17.7 Å². The van der Waals surface area contributed by atoms with Gasteiger partial charge in [0.05, 0.1) is 0 Å². The van der Waals surface area contributed by atoms with Crippen LogP contribution in [0, 0.1) is 13.8 Å². The number of nitrogens with one attached hydrogen (secondary N) is 2. The van der Waals surface area contributed by atoms with Gasteiger partial charge in [0.2, 0.25) is 5.95 Å². The van der Waals surface area contributed by atoms with Crippen LogP contribution < -0.4 is 15.5 Å². The van der Waals surface area contributed by atoms with Crippen LogP contribution in [-0.4, -0.2) is 42.1 Å². The molecule has 6 heteroatoms. The van der Waals surface area contributed by atoms with E-state index in [1.807, 2.05) is 63.2 Å². The Labute approximate surface area is 161 Å². The first-order valence-corrected chi connectivity index (χ1v) is 9.58. The molecule has 144 valence electrons. The van der Waals surface area contributed by atoms with E-state index in [9.17, 15) is 4.79 Å². The molecule has 1 fully saturated rings. The Balaban J connectivity index is 1.52. The first-order valence-electron chi connectivity index (χ1n) is 9.58. The largest absolute Gasteiger partial charge is 0.363 e. The summed E-state index contributed by atoms with van der Waals surface area (Å²) in [7, 11) is 3.96. The lowest BCUT2D eigenvalue weighted by molar-refractivity contribution is 0.0926. The molecule has 1 aliphatic carbocycles. The van der Waals surface area contributed by atoms with Gasteiger partial charge in [0.15, 0.2) is 0 Å². The van der Waals surface area contributed by atoms with Crippen molar-refractivity contribution in [3.05, 3.63) is 47.2 Å². The summed E-state index contributed by atoms with van der Waals surface area (Å²) in [6, 6.07) is 10.3. The molecule has 27 heavy (non-hydrogen) atoms. The van der Waals surface area contributed by atoms with Gasteiger partial charge in [-0.25, -0.2) is 4.98 Å². The third-order valence-corrected chi connectivity index (χ3v) is 5.01. The summed E-state index contributed by atoms with van der Waals surface area (Å²) in [6.45, 7) is 4.01. The lowest BCUT2D eigenvalue weighted by Gasteiger charge is -2.30. The second kappa shape index (κ2) is 8.37. The molecule has 2 N–H and O–H groups in total. The quantitative estimate of drug-likeness (QED) is 0.848. The second-order valence-corrected chi connectivity index (χ2v) is 7.62. The predicted molar refractivity (Wildman–Crippen MR) is 109 cm³/mol. The summed E-state index contributed by atoms with van der Waals surface area (Å²) >= 11 is 0. The van der Waals surface area contributed by atoms with Gasteiger partial charge >= 0.3 is 0 Å². The highest BCUT2D eigenvalue weighted by atomic mass is 16.1. The van der Waals surface area contributed by atoms with Crippen molar-refractivity contribution >= 4 is 17.7 Å². The van der Waals surface area contributed by atoms with Crippen LogP contribution in [-0.2, 0) is 0 Å². The molecule has 1 aromatic carbocycles. The van der Waals surface area contributed by atoms with E-state index in [1.165, 1.54) is 0 Å². The van der Waals surface area contributed by atoms with Crippen molar-refractivity contribution in [2.45, 2.75) is 51.6 Å². The molecule has 1 heterocycles. The van der Waals surface area contributed by atoms with E-state index in [1.54, 1.807) is 0 Å². The molecule has 1 aromatic heterocycles. The highest BCUT2D eigenvalue weighted by molar-refractivity contribution is 5.94. The van der Waals surface area contributed by atoms with Gasteiger partial charge in [-0.05, 0) is 51.7 Å². The number of aryl methyl sites for hydroxylation is 2. The van der Waals surface area contributed by atoms with E-state index in [4.69, 9.17) is 0 Å². The molecule has 0 saturated heterocycles. The number of rotatable bonds is 5. The van der Waals surface area contributed by atoms with E-state index in [-0.39, 0.29) is 11.9 Å². The van der Waals surface area contributed by atoms with Crippen molar-refractivity contribution in [2.75, 3.05) is 24.3 Å². The van der Waals surface area contributed by atoms with Crippen LogP contribution in [0.15, 0.2) is 30.3 Å². The van der Waals surface area contributed by atoms with Crippen molar-refractivity contribution < 1.29 is 4.79 Å². The van der Waals surface area contributed by atoms with Crippen LogP contribution >= 0.6 is 0 Å². The average Bonchev–Trinajstić information content (AvgIpc) is 2.63. The van der Waals surface area contributed by atoms with Gasteiger partial charge in [0, 0.05) is 43.5 Å². The van der Waals surface area contributed by atoms with Crippen molar-refractivity contribution in [1.29, 1.82) is 0 Å². The molecule has 2 aromatic rings. The molecule has 0 spiro atoms. The summed E-state index contributed by atoms with van der Waals surface area (Å²) < 4.78 is 0. The summed E-state index contributed by atoms with van der Waals surface area (Å²) in [5.74, 6) is 1.61. The fraction of sp³-hybridized carbons (Fsp3) is 0.476. The van der Waals surface area contributed by atoms with Gasteiger partial charge in [-0.2, -0.15) is 4.98 Å². The third-order valence-electron chi connectivity index (χ3n) is 5.01. The van der Waals surface area contributed by atoms with Crippen molar-refractivity contribution in [3.8, 4) is 0 Å². The van der Waals surface area contributed by atoms with Gasteiger partial charge < -0.3 is 15.5 Å². The highest BCUT2D eigenvalue weighted by Crippen LogP contribution is 2.22. The van der Waals surface area contributed by atoms with Crippen LogP contribution in [0.1, 0.15) is 47.3 Å². The number of carbonyl (C=O) groups excluding carboxylic acids is 1. The molecule has 1 saturated carbocycles. The SMILES string of the molecule is Cc1ccc(C(=O)N[C@H]2CC[C@@H](Nc3nc(C)cc(N(C)C)n3)CC2)cc1. The highest BCUT2D eigenvalue weighted by Gasteiger charge is 2.23. The lowest BCUT2D eigenvalue weighted by Crippen LogP contribution is -2.40. The van der Waals surface area contributed by atoms with Gasteiger partial charge in [0.1, 0.15) is 5.82 Å². The minimum absolute atomic E-state index is 0.0176. The maximum atomic E-state index is 12.4. The van der Waals surface area contributed by atoms with E-state index >= 15 is 0 Å². The molecule has 1 aliphatic rings. The number of amides is 1. The Hall–Kier alpha value is -2.63. The van der Waals surface area contributed by atoms with Crippen LogP contribution in [0.3, 0.4) is 0 Å². The Kier molecular flexibility index (Phi) is 5.94. The number of nitrogens with zero attached hydrogens (tertiary/aromatic N) is 3. The number of benzene rings is 1. The van der Waals surface area contributed by atoms with Crippen LogP contribution in [0.2, 0.25) is 0 Å². The standard InChI is InChI=1S/C21H29N5O/c1-14-5-7-16(8-6-14)20(27)23-17-9-11-18(12-10-17)24-21-22-15(2)13-19(25-21)26(3)4/h5-8,13,17-18H,9-12H2,1-4H3,(H,23,27)(H,22,24,25)/t17-,18+. The fourth-order valence-corrected chi connectivity index (χ4v) is 3.38. The lowest BCUT2D eigenvalue weighted by atomic mass is 9.91. The number of carbonyl (C=O) groups is 1. The van der Waals surface area contributed by atoms with Crippen LogP contribution in [0.4, 0.5) is 11.8 Å². The monoisotopic (exact) mass is 367 g/mol. The maximum absolute atomic E-state index is 12.4. The maximum Gasteiger partial charge on any atom is 0.251 e. The van der Waals surface area contributed by atoms with E-state index in [0.717, 1.165) is 48.3 Å². The Morgan fingerprint density at radius 1 is 1.00 bits per heavy atom. The first kappa shape index (κ1) is 19.1. The second-order valence-electron chi connectivity index (χ2n) is 7.62. The van der Waals surface area contributed by atoms with Crippen LogP contribution in [0.5, 0.6) is 0 Å². The number of hydrogen-bond acceptors (Lipinski definition) is 5. The summed E-state index contributed by atoms with van der Waals surface area (Å²) in [5.41, 5.74) is 2.84. The van der Waals surface area contributed by atoms with Crippen molar-refractivity contribution in [3.63, 3.8) is 0 Å². The van der Waals surface area contributed by atoms with Crippen LogP contribution in [0.25, 0.3) is 0 Å². The number of anilines is 2. The summed E-state index contributed by atoms with van der Waals surface area (Å²) in [4.78, 5) is 23.4. The van der Waals surface area contributed by atoms with Gasteiger partial charge in [-0.15, -0.1) is 0 Å². The van der Waals surface area contributed by atoms with E-state index < -0.39 is 0 Å². The minimum atomic E-state index is 0.0176. The zero-order valence-corrected chi connectivity index (χ0v) is 16.6. The van der Waals surface area contributed by atoms with Gasteiger partial charge in [-0.3, -0.25) is 4.79 Å². The Morgan fingerprint density at radius 3 is 2.26 bits per heavy atom. The topological polar surface area (TPSA) is 70.2 Å². The van der Waals surface area contributed by atoms with Gasteiger partial charge in [0.25, 0.3) is 5.91 Å². The zero-order chi connectivity index (χ0) is 19.4. The first-order chi connectivity index (χ1) is 12.9. The minimum Gasteiger partial charge on any atom is -0.363 e. The number of hydrogen-bond donors (Lipinski definition) is 2. The Bertz CT molecular complexity index is 780. The average molecular weight is 367 g/mol. The van der Waals surface area contributed by atoms with E-state index in [0.29, 0.717) is 12.0 Å². The predicted octanol–water partition coefficient (Wildman–Crippen LogP) is 3.31. The van der Waals surface area contributed by atoms with E-state index in [2.05, 4.69) is 20.6 Å². The molecule has 0 bridgehead atoms. The molecule has 0 unspecified atom stereocenters. The fourth-order valence-electron chi connectivity index (χ4n) is 3.38. The molecule has 3 rings (SSSR count). The molecule has 0 atom stereocenters. The zero-order valence-electron chi connectivity index (χ0n) is 16.6. The van der Waals surface area contributed by atoms with Crippen molar-refractivity contribution in [2.24, 2.45) is 0 Å². The third kappa shape index (κ3) is 5.18. The van der Waals surface area contributed by atoms with Crippen molar-refractivity contribution in [1.82, 2.24) is 15.3 Å². The Morgan fingerprint density at radius 2 is 1.63 bits per heavy atom. The summed E-state index contributed by atoms with van der Waals surface area (Å²) in [5, 5.41) is 6.63.